The molecule has 0 aliphatic carbocycles. The van der Waals surface area contributed by atoms with E-state index in [0.717, 1.165) is 27.9 Å². The number of hydrogen-bond donors (Lipinski definition) is 1. The number of H-pyrrole nitrogens is 1. The minimum atomic E-state index is -0.899. The molecule has 1 N–H and O–H groups in total. The Labute approximate surface area is 166 Å². The van der Waals surface area contributed by atoms with Gasteiger partial charge >= 0.3 is 5.97 Å². The number of esters is 1. The van der Waals surface area contributed by atoms with E-state index in [1.54, 1.807) is 11.4 Å². The maximum Gasteiger partial charge on any atom is 0.311 e. The van der Waals surface area contributed by atoms with Crippen molar-refractivity contribution in [3.8, 4) is 0 Å². The number of aromatic nitrogens is 5. The topological polar surface area (TPSA) is 102 Å². The van der Waals surface area contributed by atoms with Crippen LogP contribution >= 0.6 is 0 Å². The first-order valence-electron chi connectivity index (χ1n) is 9.33. The van der Waals surface area contributed by atoms with Crippen molar-refractivity contribution in [3.05, 3.63) is 58.8 Å². The van der Waals surface area contributed by atoms with Gasteiger partial charge in [-0.05, 0) is 33.8 Å². The Hall–Kier alpha value is -3.55. The Morgan fingerprint density at radius 3 is 2.76 bits per heavy atom. The molecule has 3 heterocycles. The number of fused-ring (bicyclic) bond motifs is 2. The van der Waals surface area contributed by atoms with Crippen molar-refractivity contribution in [1.29, 1.82) is 0 Å². The van der Waals surface area contributed by atoms with Crippen LogP contribution in [0.3, 0.4) is 0 Å². The predicted octanol–water partition coefficient (Wildman–Crippen LogP) is 2.89. The number of hydrogen-bond acceptors (Lipinski definition) is 6. The van der Waals surface area contributed by atoms with Gasteiger partial charge in [0, 0.05) is 39.1 Å². The van der Waals surface area contributed by atoms with E-state index >= 15 is 0 Å². The van der Waals surface area contributed by atoms with Crippen molar-refractivity contribution in [3.63, 3.8) is 0 Å². The highest BCUT2D eigenvalue weighted by molar-refractivity contribution is 6.11. The van der Waals surface area contributed by atoms with Crippen molar-refractivity contribution in [2.75, 3.05) is 0 Å². The van der Waals surface area contributed by atoms with E-state index in [4.69, 9.17) is 4.74 Å². The van der Waals surface area contributed by atoms with Crippen LogP contribution in [-0.2, 0) is 16.0 Å². The van der Waals surface area contributed by atoms with E-state index in [1.807, 2.05) is 45.0 Å². The van der Waals surface area contributed by atoms with Gasteiger partial charge in [-0.3, -0.25) is 9.59 Å². The Bertz CT molecular complexity index is 1250. The molecule has 8 nitrogen and oxygen atoms in total. The molecule has 0 saturated carbocycles. The Morgan fingerprint density at radius 2 is 1.97 bits per heavy atom. The van der Waals surface area contributed by atoms with Crippen molar-refractivity contribution >= 4 is 28.4 Å². The lowest BCUT2D eigenvalue weighted by molar-refractivity contribution is -0.145. The second-order valence-corrected chi connectivity index (χ2v) is 7.08. The van der Waals surface area contributed by atoms with Crippen LogP contribution in [0.1, 0.15) is 39.9 Å². The van der Waals surface area contributed by atoms with Gasteiger partial charge < -0.3 is 9.72 Å². The Balaban J connectivity index is 1.54. The molecule has 0 radical (unpaired) electrons. The number of aromatic amines is 1. The summed E-state index contributed by atoms with van der Waals surface area (Å²) in [5.74, 6) is -0.238. The lowest BCUT2D eigenvalue weighted by atomic mass is 10.0. The molecule has 0 aliphatic heterocycles. The van der Waals surface area contributed by atoms with Crippen LogP contribution in [0.5, 0.6) is 0 Å². The molecular weight excluding hydrogens is 370 g/mol. The van der Waals surface area contributed by atoms with Crippen molar-refractivity contribution in [2.24, 2.45) is 0 Å². The highest BCUT2D eigenvalue weighted by Gasteiger charge is 2.25. The fourth-order valence-corrected chi connectivity index (χ4v) is 3.65. The van der Waals surface area contributed by atoms with Gasteiger partial charge in [0.25, 0.3) is 5.78 Å². The van der Waals surface area contributed by atoms with Gasteiger partial charge in [0.2, 0.25) is 5.78 Å². The van der Waals surface area contributed by atoms with Crippen LogP contribution in [0, 0.1) is 20.8 Å². The second-order valence-electron chi connectivity index (χ2n) is 7.08. The van der Waals surface area contributed by atoms with E-state index in [-0.39, 0.29) is 12.2 Å². The zero-order valence-corrected chi connectivity index (χ0v) is 16.7. The molecule has 1 atom stereocenters. The fraction of sp³-hybridized carbons (Fsp3) is 0.286. The molecule has 0 spiro atoms. The molecule has 0 fully saturated rings. The number of aryl methyl sites for hydroxylation is 3. The van der Waals surface area contributed by atoms with Gasteiger partial charge in [-0.2, -0.15) is 10.1 Å². The molecule has 148 valence electrons. The molecule has 0 amide bonds. The molecule has 3 aromatic heterocycles. The highest BCUT2D eigenvalue weighted by atomic mass is 16.5. The monoisotopic (exact) mass is 391 g/mol. The minimum Gasteiger partial charge on any atom is -0.454 e. The summed E-state index contributed by atoms with van der Waals surface area (Å²) >= 11 is 0. The van der Waals surface area contributed by atoms with Crippen LogP contribution in [0.2, 0.25) is 0 Å². The molecule has 0 saturated heterocycles. The number of carbonyl (C=O) groups is 2. The summed E-state index contributed by atoms with van der Waals surface area (Å²) in [4.78, 5) is 37.2. The molecule has 8 heteroatoms. The van der Waals surface area contributed by atoms with Crippen LogP contribution in [0.25, 0.3) is 16.7 Å². The number of ether oxygens (including phenoxy) is 1. The van der Waals surface area contributed by atoms with E-state index in [9.17, 15) is 9.59 Å². The first kappa shape index (κ1) is 18.8. The number of carbonyl (C=O) groups excluding carboxylic acids is 2. The van der Waals surface area contributed by atoms with E-state index in [2.05, 4.69) is 20.1 Å². The van der Waals surface area contributed by atoms with Crippen LogP contribution in [0.15, 0.2) is 30.6 Å². The SMILES string of the molecule is Cc1nc2ncnn2c(C)c1CC(=O)O[C@@H](C)C(=O)c1c(C)[nH]c2ccccc12. The van der Waals surface area contributed by atoms with Gasteiger partial charge in [0.15, 0.2) is 6.10 Å². The summed E-state index contributed by atoms with van der Waals surface area (Å²) in [5.41, 5.74) is 4.37. The van der Waals surface area contributed by atoms with Gasteiger partial charge in [0.05, 0.1) is 6.42 Å². The Morgan fingerprint density at radius 1 is 1.21 bits per heavy atom. The van der Waals surface area contributed by atoms with Gasteiger partial charge in [-0.25, -0.2) is 9.50 Å². The van der Waals surface area contributed by atoms with Gasteiger partial charge in [-0.1, -0.05) is 18.2 Å². The first-order chi connectivity index (χ1) is 13.9. The second kappa shape index (κ2) is 7.12. The molecule has 0 unspecified atom stereocenters. The Kier molecular flexibility index (Phi) is 4.62. The fourth-order valence-electron chi connectivity index (χ4n) is 3.65. The smallest absolute Gasteiger partial charge is 0.311 e. The molecule has 4 rings (SSSR count). The number of ketones is 1. The van der Waals surface area contributed by atoms with E-state index in [1.165, 1.54) is 6.33 Å². The zero-order chi connectivity index (χ0) is 20.7. The van der Waals surface area contributed by atoms with Crippen LogP contribution in [0.4, 0.5) is 0 Å². The summed E-state index contributed by atoms with van der Waals surface area (Å²) in [5, 5.41) is 4.95. The average Bonchev–Trinajstić information content (AvgIpc) is 3.27. The number of nitrogens with zero attached hydrogens (tertiary/aromatic N) is 4. The molecule has 1 aromatic carbocycles. The third kappa shape index (κ3) is 3.26. The number of Topliss-reactive ketones (excluding diaryl/α,β-unsaturated/α-hetero) is 1. The lowest BCUT2D eigenvalue weighted by Crippen LogP contribution is -2.26. The van der Waals surface area contributed by atoms with Crippen LogP contribution < -0.4 is 0 Å². The lowest BCUT2D eigenvalue weighted by Gasteiger charge is -2.14. The number of nitrogens with one attached hydrogen (secondary N) is 1. The zero-order valence-electron chi connectivity index (χ0n) is 16.7. The summed E-state index contributed by atoms with van der Waals surface area (Å²) in [6, 6.07) is 7.57. The molecule has 0 bridgehead atoms. The average molecular weight is 391 g/mol. The molecule has 4 aromatic rings. The summed E-state index contributed by atoms with van der Waals surface area (Å²) in [7, 11) is 0. The van der Waals surface area contributed by atoms with E-state index in [0.29, 0.717) is 17.0 Å². The molecule has 0 aliphatic rings. The van der Waals surface area contributed by atoms with Crippen molar-refractivity contribution in [1.82, 2.24) is 24.6 Å². The molecular formula is C21H21N5O3. The summed E-state index contributed by atoms with van der Waals surface area (Å²) in [6.07, 6.45) is 0.524. The van der Waals surface area contributed by atoms with Gasteiger partial charge in [0.1, 0.15) is 6.33 Å². The standard InChI is InChI=1S/C21H21N5O3/c1-11-16(13(3)26-21(25-11)22-10-23-26)9-18(27)29-14(4)20(28)19-12(2)24-17-8-6-5-7-15(17)19/h5-8,10,14,24H,9H2,1-4H3/t14-/m0/s1. The van der Waals surface area contributed by atoms with Crippen molar-refractivity contribution < 1.29 is 14.3 Å². The minimum absolute atomic E-state index is 0.00491. The largest absolute Gasteiger partial charge is 0.454 e. The molecule has 29 heavy (non-hydrogen) atoms. The van der Waals surface area contributed by atoms with E-state index < -0.39 is 12.1 Å². The number of benzene rings is 1. The van der Waals surface area contributed by atoms with Gasteiger partial charge in [-0.15, -0.1) is 0 Å². The summed E-state index contributed by atoms with van der Waals surface area (Å²) in [6.45, 7) is 7.10. The normalized spacial score (nSPS) is 12.4. The van der Waals surface area contributed by atoms with Crippen LogP contribution in [-0.4, -0.2) is 42.4 Å². The highest BCUT2D eigenvalue weighted by Crippen LogP contribution is 2.24. The number of para-hydroxylation sites is 1. The third-order valence-corrected chi connectivity index (χ3v) is 5.13. The predicted molar refractivity (Wildman–Crippen MR) is 107 cm³/mol. The first-order valence-corrected chi connectivity index (χ1v) is 9.33. The third-order valence-electron chi connectivity index (χ3n) is 5.13. The summed E-state index contributed by atoms with van der Waals surface area (Å²) < 4.78 is 7.05. The number of rotatable bonds is 5. The van der Waals surface area contributed by atoms with Crippen molar-refractivity contribution in [2.45, 2.75) is 40.2 Å². The maximum atomic E-state index is 13.0. The quantitative estimate of drug-likeness (QED) is 0.415. The maximum absolute atomic E-state index is 13.0.